The lowest BCUT2D eigenvalue weighted by Crippen LogP contribution is -2.23. The first-order valence-electron chi connectivity index (χ1n) is 9.54. The van der Waals surface area contributed by atoms with Crippen molar-refractivity contribution in [2.24, 2.45) is 0 Å². The standard InChI is InChI=1S/C22H19F3N2O4S/c1-3-15-6-4-5-7-19(15)27(14(2)28)21-26-17(13-32-21)12-30-20(29)16-8-10-18(11-9-16)31-22(23,24)25/h4-11,13H,3,12H2,1-2H3. The summed E-state index contributed by atoms with van der Waals surface area (Å²) in [5, 5.41) is 2.12. The smallest absolute Gasteiger partial charge is 0.456 e. The van der Waals surface area contributed by atoms with Crippen molar-refractivity contribution in [3.8, 4) is 5.75 Å². The zero-order chi connectivity index (χ0) is 23.3. The number of alkyl halides is 3. The molecule has 0 unspecified atom stereocenters. The zero-order valence-corrected chi connectivity index (χ0v) is 18.0. The average molecular weight is 464 g/mol. The molecule has 0 saturated heterocycles. The Hall–Kier alpha value is -3.40. The topological polar surface area (TPSA) is 68.7 Å². The van der Waals surface area contributed by atoms with E-state index in [-0.39, 0.29) is 18.1 Å². The molecule has 2 aromatic carbocycles. The number of thiazole rings is 1. The van der Waals surface area contributed by atoms with Crippen LogP contribution in [-0.4, -0.2) is 23.2 Å². The highest BCUT2D eigenvalue weighted by Crippen LogP contribution is 2.32. The zero-order valence-electron chi connectivity index (χ0n) is 17.2. The third-order valence-electron chi connectivity index (χ3n) is 4.33. The number of para-hydroxylation sites is 1. The number of hydrogen-bond acceptors (Lipinski definition) is 6. The highest BCUT2D eigenvalue weighted by molar-refractivity contribution is 7.14. The van der Waals surface area contributed by atoms with E-state index in [1.54, 1.807) is 5.38 Å². The lowest BCUT2D eigenvalue weighted by molar-refractivity contribution is -0.274. The Balaban J connectivity index is 1.68. The van der Waals surface area contributed by atoms with Crippen molar-refractivity contribution in [2.75, 3.05) is 4.90 Å². The van der Waals surface area contributed by atoms with Gasteiger partial charge in [-0.25, -0.2) is 9.78 Å². The van der Waals surface area contributed by atoms with Gasteiger partial charge in [0.2, 0.25) is 5.91 Å². The highest BCUT2D eigenvalue weighted by atomic mass is 32.1. The van der Waals surface area contributed by atoms with Crippen LogP contribution in [0.15, 0.2) is 53.9 Å². The third kappa shape index (κ3) is 5.85. The van der Waals surface area contributed by atoms with Crippen molar-refractivity contribution < 1.29 is 32.2 Å². The van der Waals surface area contributed by atoms with E-state index >= 15 is 0 Å². The molecule has 0 aliphatic carbocycles. The Kier molecular flexibility index (Phi) is 7.14. The van der Waals surface area contributed by atoms with Crippen LogP contribution in [-0.2, 0) is 22.6 Å². The van der Waals surface area contributed by atoms with E-state index < -0.39 is 18.1 Å². The van der Waals surface area contributed by atoms with Crippen molar-refractivity contribution in [3.63, 3.8) is 0 Å². The van der Waals surface area contributed by atoms with Gasteiger partial charge in [0.25, 0.3) is 0 Å². The molecule has 0 aliphatic heterocycles. The maximum Gasteiger partial charge on any atom is 0.573 e. The lowest BCUT2D eigenvalue weighted by atomic mass is 10.1. The summed E-state index contributed by atoms with van der Waals surface area (Å²) < 4.78 is 45.6. The Labute approximate surface area is 186 Å². The van der Waals surface area contributed by atoms with Crippen LogP contribution < -0.4 is 9.64 Å². The van der Waals surface area contributed by atoms with Gasteiger partial charge < -0.3 is 9.47 Å². The fourth-order valence-corrected chi connectivity index (χ4v) is 3.78. The Morgan fingerprint density at radius 3 is 2.41 bits per heavy atom. The van der Waals surface area contributed by atoms with Crippen LogP contribution in [0.5, 0.6) is 5.75 Å². The van der Waals surface area contributed by atoms with Gasteiger partial charge in [-0.05, 0) is 42.3 Å². The molecule has 0 saturated carbocycles. The minimum Gasteiger partial charge on any atom is -0.456 e. The van der Waals surface area contributed by atoms with Crippen LogP contribution in [0, 0.1) is 0 Å². The normalized spacial score (nSPS) is 11.2. The van der Waals surface area contributed by atoms with E-state index in [1.807, 2.05) is 31.2 Å². The molecule has 1 heterocycles. The van der Waals surface area contributed by atoms with Gasteiger partial charge in [-0.3, -0.25) is 9.69 Å². The largest absolute Gasteiger partial charge is 0.573 e. The Bertz CT molecular complexity index is 1100. The van der Waals surface area contributed by atoms with E-state index in [0.717, 1.165) is 29.8 Å². The molecular weight excluding hydrogens is 445 g/mol. The van der Waals surface area contributed by atoms with Crippen LogP contribution in [0.2, 0.25) is 0 Å². The van der Waals surface area contributed by atoms with Crippen LogP contribution in [0.25, 0.3) is 0 Å². The minimum absolute atomic E-state index is 0.0669. The molecule has 0 fully saturated rings. The lowest BCUT2D eigenvalue weighted by Gasteiger charge is -2.20. The van der Waals surface area contributed by atoms with E-state index in [0.29, 0.717) is 10.8 Å². The molecule has 3 aromatic rings. The second-order valence-corrected chi connectivity index (χ2v) is 7.44. The van der Waals surface area contributed by atoms with Gasteiger partial charge in [0.1, 0.15) is 12.4 Å². The molecule has 10 heteroatoms. The maximum atomic E-state index is 12.3. The Morgan fingerprint density at radius 1 is 1.09 bits per heavy atom. The minimum atomic E-state index is -4.81. The first-order chi connectivity index (χ1) is 15.2. The number of aromatic nitrogens is 1. The van der Waals surface area contributed by atoms with Gasteiger partial charge in [-0.2, -0.15) is 0 Å². The predicted molar refractivity (Wildman–Crippen MR) is 113 cm³/mol. The molecule has 0 atom stereocenters. The van der Waals surface area contributed by atoms with Crippen LogP contribution in [0.1, 0.15) is 35.5 Å². The predicted octanol–water partition coefficient (Wildman–Crippen LogP) is 5.65. The van der Waals surface area contributed by atoms with E-state index in [1.165, 1.54) is 35.3 Å². The second kappa shape index (κ2) is 9.82. The second-order valence-electron chi connectivity index (χ2n) is 6.61. The highest BCUT2D eigenvalue weighted by Gasteiger charge is 2.31. The number of halogens is 3. The van der Waals surface area contributed by atoms with Gasteiger partial charge in [0, 0.05) is 12.3 Å². The summed E-state index contributed by atoms with van der Waals surface area (Å²) in [6.45, 7) is 3.28. The number of anilines is 2. The fraction of sp³-hybridized carbons (Fsp3) is 0.227. The number of aryl methyl sites for hydroxylation is 1. The summed E-state index contributed by atoms with van der Waals surface area (Å²) in [5.74, 6) is -1.36. The molecule has 0 aliphatic rings. The first kappa shape index (κ1) is 23.3. The van der Waals surface area contributed by atoms with E-state index in [9.17, 15) is 22.8 Å². The Morgan fingerprint density at radius 2 is 1.78 bits per heavy atom. The number of carbonyl (C=O) groups is 2. The number of rotatable bonds is 7. The molecule has 32 heavy (non-hydrogen) atoms. The van der Waals surface area contributed by atoms with Gasteiger partial charge in [0.05, 0.1) is 16.9 Å². The number of benzene rings is 2. The monoisotopic (exact) mass is 464 g/mol. The van der Waals surface area contributed by atoms with E-state index in [2.05, 4.69) is 9.72 Å². The number of carbonyl (C=O) groups excluding carboxylic acids is 2. The maximum absolute atomic E-state index is 12.3. The molecule has 3 rings (SSSR count). The van der Waals surface area contributed by atoms with Gasteiger partial charge in [-0.1, -0.05) is 25.1 Å². The van der Waals surface area contributed by atoms with Crippen molar-refractivity contribution in [1.82, 2.24) is 4.98 Å². The summed E-state index contributed by atoms with van der Waals surface area (Å²) in [7, 11) is 0. The molecule has 0 bridgehead atoms. The van der Waals surface area contributed by atoms with Gasteiger partial charge in [0.15, 0.2) is 5.13 Å². The third-order valence-corrected chi connectivity index (χ3v) is 5.21. The molecule has 0 radical (unpaired) electrons. The first-order valence-corrected chi connectivity index (χ1v) is 10.4. The number of nitrogens with zero attached hydrogens (tertiary/aromatic N) is 2. The van der Waals surface area contributed by atoms with Crippen molar-refractivity contribution in [1.29, 1.82) is 0 Å². The fourth-order valence-electron chi connectivity index (χ4n) is 2.92. The molecule has 168 valence electrons. The molecular formula is C22H19F3N2O4S. The molecule has 6 nitrogen and oxygen atoms in total. The van der Waals surface area contributed by atoms with Crippen LogP contribution >= 0.6 is 11.3 Å². The van der Waals surface area contributed by atoms with Gasteiger partial charge >= 0.3 is 12.3 Å². The van der Waals surface area contributed by atoms with Crippen molar-refractivity contribution in [2.45, 2.75) is 33.2 Å². The number of ether oxygens (including phenoxy) is 2. The van der Waals surface area contributed by atoms with Crippen molar-refractivity contribution >= 4 is 34.0 Å². The molecule has 0 spiro atoms. The summed E-state index contributed by atoms with van der Waals surface area (Å²) >= 11 is 1.23. The van der Waals surface area contributed by atoms with Crippen LogP contribution in [0.3, 0.4) is 0 Å². The van der Waals surface area contributed by atoms with E-state index in [4.69, 9.17) is 4.74 Å². The molecule has 1 aromatic heterocycles. The SMILES string of the molecule is CCc1ccccc1N(C(C)=O)c1nc(COC(=O)c2ccc(OC(F)(F)F)cc2)cs1. The van der Waals surface area contributed by atoms with Crippen LogP contribution in [0.4, 0.5) is 24.0 Å². The number of esters is 1. The molecule has 1 amide bonds. The molecule has 0 N–H and O–H groups in total. The number of hydrogen-bond donors (Lipinski definition) is 0. The summed E-state index contributed by atoms with van der Waals surface area (Å²) in [6.07, 6.45) is -4.07. The summed E-state index contributed by atoms with van der Waals surface area (Å²) in [5.41, 5.74) is 2.23. The summed E-state index contributed by atoms with van der Waals surface area (Å²) in [6, 6.07) is 11.9. The quantitative estimate of drug-likeness (QED) is 0.423. The average Bonchev–Trinajstić information content (AvgIpc) is 3.20. The van der Waals surface area contributed by atoms with Crippen molar-refractivity contribution in [3.05, 3.63) is 70.7 Å². The number of amides is 1. The van der Waals surface area contributed by atoms with Gasteiger partial charge in [-0.15, -0.1) is 24.5 Å². The summed E-state index contributed by atoms with van der Waals surface area (Å²) in [4.78, 5) is 30.4.